The lowest BCUT2D eigenvalue weighted by Crippen LogP contribution is -2.16. The summed E-state index contributed by atoms with van der Waals surface area (Å²) in [5, 5.41) is 16.0. The van der Waals surface area contributed by atoms with E-state index in [1.54, 1.807) is 0 Å². The second-order valence-corrected chi connectivity index (χ2v) is 4.76. The highest BCUT2D eigenvalue weighted by atomic mass is 127. The molecule has 0 atom stereocenters. The quantitative estimate of drug-likeness (QED) is 0.823. The van der Waals surface area contributed by atoms with Crippen molar-refractivity contribution in [2.24, 2.45) is 0 Å². The number of aryl methyl sites for hydroxylation is 1. The number of rotatable bonds is 3. The monoisotopic (exact) mass is 343 g/mol. The smallest absolute Gasteiger partial charge is 0.232 e. The third kappa shape index (κ3) is 3.22. The van der Waals surface area contributed by atoms with Crippen molar-refractivity contribution >= 4 is 34.2 Å². The SMILES string of the molecule is Cc1cc(I)ccc1NC(=O)Cc1nn[nH]n1. The minimum absolute atomic E-state index is 0.113. The lowest BCUT2D eigenvalue weighted by Gasteiger charge is -2.07. The Hall–Kier alpha value is -1.51. The van der Waals surface area contributed by atoms with E-state index in [0.717, 1.165) is 14.8 Å². The van der Waals surface area contributed by atoms with Crippen LogP contribution >= 0.6 is 22.6 Å². The zero-order valence-corrected chi connectivity index (χ0v) is 11.2. The molecule has 0 fully saturated rings. The van der Waals surface area contributed by atoms with Crippen LogP contribution in [-0.2, 0) is 11.2 Å². The lowest BCUT2D eigenvalue weighted by atomic mass is 10.2. The second kappa shape index (κ2) is 5.21. The van der Waals surface area contributed by atoms with E-state index in [9.17, 15) is 4.79 Å². The summed E-state index contributed by atoms with van der Waals surface area (Å²) in [5.74, 6) is 0.223. The first kappa shape index (κ1) is 12.0. The maximum absolute atomic E-state index is 11.7. The van der Waals surface area contributed by atoms with Gasteiger partial charge in [-0.2, -0.15) is 5.21 Å². The van der Waals surface area contributed by atoms with Gasteiger partial charge in [0.05, 0.1) is 6.42 Å². The highest BCUT2D eigenvalue weighted by Gasteiger charge is 2.08. The minimum Gasteiger partial charge on any atom is -0.325 e. The zero-order valence-electron chi connectivity index (χ0n) is 9.07. The van der Waals surface area contributed by atoms with Gasteiger partial charge in [-0.25, -0.2) is 0 Å². The van der Waals surface area contributed by atoms with Crippen LogP contribution in [-0.4, -0.2) is 26.5 Å². The van der Waals surface area contributed by atoms with Crippen LogP contribution < -0.4 is 5.32 Å². The Balaban J connectivity index is 2.03. The van der Waals surface area contributed by atoms with Gasteiger partial charge in [0.2, 0.25) is 5.91 Å². The minimum atomic E-state index is -0.157. The number of tetrazole rings is 1. The topological polar surface area (TPSA) is 83.6 Å². The summed E-state index contributed by atoms with van der Waals surface area (Å²) in [5.41, 5.74) is 1.83. The number of carbonyl (C=O) groups excluding carboxylic acids is 1. The molecule has 17 heavy (non-hydrogen) atoms. The number of nitrogens with one attached hydrogen (secondary N) is 2. The molecular formula is C10H10IN5O. The van der Waals surface area contributed by atoms with Gasteiger partial charge < -0.3 is 5.32 Å². The maximum Gasteiger partial charge on any atom is 0.232 e. The Bertz CT molecular complexity index is 525. The summed E-state index contributed by atoms with van der Waals surface area (Å²) in [6, 6.07) is 5.83. The van der Waals surface area contributed by atoms with Crippen molar-refractivity contribution in [3.05, 3.63) is 33.2 Å². The van der Waals surface area contributed by atoms with Gasteiger partial charge in [0.25, 0.3) is 0 Å². The molecule has 1 aromatic heterocycles. The number of aromatic amines is 1. The number of nitrogens with zero attached hydrogens (tertiary/aromatic N) is 3. The van der Waals surface area contributed by atoms with Gasteiger partial charge in [0.1, 0.15) is 0 Å². The number of carbonyl (C=O) groups is 1. The van der Waals surface area contributed by atoms with Crippen molar-refractivity contribution in [2.75, 3.05) is 5.32 Å². The lowest BCUT2D eigenvalue weighted by molar-refractivity contribution is -0.115. The van der Waals surface area contributed by atoms with Crippen LogP contribution in [0.2, 0.25) is 0 Å². The van der Waals surface area contributed by atoms with Crippen molar-refractivity contribution < 1.29 is 4.79 Å². The number of halogens is 1. The predicted molar refractivity (Wildman–Crippen MR) is 70.4 cm³/mol. The molecule has 1 heterocycles. The number of hydrogen-bond donors (Lipinski definition) is 2. The molecule has 88 valence electrons. The number of hydrogen-bond acceptors (Lipinski definition) is 4. The van der Waals surface area contributed by atoms with Crippen LogP contribution in [0, 0.1) is 10.5 Å². The van der Waals surface area contributed by atoms with Crippen molar-refractivity contribution in [1.82, 2.24) is 20.6 Å². The van der Waals surface area contributed by atoms with Gasteiger partial charge >= 0.3 is 0 Å². The normalized spacial score (nSPS) is 10.2. The van der Waals surface area contributed by atoms with Gasteiger partial charge in [0.15, 0.2) is 5.82 Å². The molecule has 1 amide bonds. The average molecular weight is 343 g/mol. The Kier molecular flexibility index (Phi) is 3.67. The van der Waals surface area contributed by atoms with Gasteiger partial charge in [0, 0.05) is 9.26 Å². The van der Waals surface area contributed by atoms with Gasteiger partial charge in [-0.15, -0.1) is 10.2 Å². The molecule has 0 radical (unpaired) electrons. The number of benzene rings is 1. The standard InChI is InChI=1S/C10H10IN5O/c1-6-4-7(11)2-3-8(6)12-10(17)5-9-13-15-16-14-9/h2-4H,5H2,1H3,(H,12,17)(H,13,14,15,16). The van der Waals surface area contributed by atoms with Crippen LogP contribution in [0.25, 0.3) is 0 Å². The molecule has 0 aliphatic rings. The molecular weight excluding hydrogens is 333 g/mol. The third-order valence-corrected chi connectivity index (χ3v) is 2.84. The molecule has 2 aromatic rings. The fourth-order valence-electron chi connectivity index (χ4n) is 1.36. The molecule has 0 saturated heterocycles. The van der Waals surface area contributed by atoms with Crippen LogP contribution in [0.5, 0.6) is 0 Å². The Morgan fingerprint density at radius 1 is 1.53 bits per heavy atom. The van der Waals surface area contributed by atoms with Crippen LogP contribution in [0.1, 0.15) is 11.4 Å². The first-order valence-electron chi connectivity index (χ1n) is 4.93. The van der Waals surface area contributed by atoms with Crippen molar-refractivity contribution in [1.29, 1.82) is 0 Å². The number of H-pyrrole nitrogens is 1. The summed E-state index contributed by atoms with van der Waals surface area (Å²) >= 11 is 2.23. The molecule has 1 aromatic carbocycles. The summed E-state index contributed by atoms with van der Waals surface area (Å²) < 4.78 is 1.14. The van der Waals surface area contributed by atoms with Crippen LogP contribution in [0.4, 0.5) is 5.69 Å². The summed E-state index contributed by atoms with van der Waals surface area (Å²) in [4.78, 5) is 11.7. The predicted octanol–water partition coefficient (Wildman–Crippen LogP) is 1.29. The summed E-state index contributed by atoms with van der Waals surface area (Å²) in [7, 11) is 0. The fourth-order valence-corrected chi connectivity index (χ4v) is 2.01. The first-order chi connectivity index (χ1) is 8.15. The number of amides is 1. The van der Waals surface area contributed by atoms with Gasteiger partial charge in [-0.3, -0.25) is 4.79 Å². The maximum atomic E-state index is 11.7. The first-order valence-corrected chi connectivity index (χ1v) is 6.01. The Morgan fingerprint density at radius 3 is 3.00 bits per heavy atom. The van der Waals surface area contributed by atoms with Crippen molar-refractivity contribution in [3.63, 3.8) is 0 Å². The molecule has 2 rings (SSSR count). The highest BCUT2D eigenvalue weighted by molar-refractivity contribution is 14.1. The molecule has 0 aliphatic carbocycles. The summed E-state index contributed by atoms with van der Waals surface area (Å²) in [6.45, 7) is 1.95. The molecule has 7 heteroatoms. The molecule has 2 N–H and O–H groups in total. The van der Waals surface area contributed by atoms with Crippen LogP contribution in [0.3, 0.4) is 0 Å². The Labute approximate surface area is 111 Å². The van der Waals surface area contributed by atoms with E-state index < -0.39 is 0 Å². The van der Waals surface area contributed by atoms with E-state index in [4.69, 9.17) is 0 Å². The van der Waals surface area contributed by atoms with Crippen LogP contribution in [0.15, 0.2) is 18.2 Å². The fraction of sp³-hybridized carbons (Fsp3) is 0.200. The van der Waals surface area contributed by atoms with E-state index in [0.29, 0.717) is 5.82 Å². The van der Waals surface area contributed by atoms with E-state index in [1.165, 1.54) is 0 Å². The van der Waals surface area contributed by atoms with Crippen molar-refractivity contribution in [3.8, 4) is 0 Å². The molecule has 0 spiro atoms. The molecule has 0 saturated carbocycles. The van der Waals surface area contributed by atoms with E-state index in [2.05, 4.69) is 48.5 Å². The zero-order chi connectivity index (χ0) is 12.3. The van der Waals surface area contributed by atoms with E-state index in [-0.39, 0.29) is 12.3 Å². The highest BCUT2D eigenvalue weighted by Crippen LogP contribution is 2.17. The molecule has 0 aliphatic heterocycles. The second-order valence-electron chi connectivity index (χ2n) is 3.51. The van der Waals surface area contributed by atoms with Gasteiger partial charge in [-0.1, -0.05) is 5.21 Å². The Morgan fingerprint density at radius 2 is 2.35 bits per heavy atom. The number of anilines is 1. The van der Waals surface area contributed by atoms with Gasteiger partial charge in [-0.05, 0) is 53.3 Å². The number of aromatic nitrogens is 4. The van der Waals surface area contributed by atoms with E-state index >= 15 is 0 Å². The molecule has 0 unspecified atom stereocenters. The van der Waals surface area contributed by atoms with Crippen molar-refractivity contribution in [2.45, 2.75) is 13.3 Å². The molecule has 6 nitrogen and oxygen atoms in total. The average Bonchev–Trinajstić information content (AvgIpc) is 2.75. The largest absolute Gasteiger partial charge is 0.325 e. The molecule has 0 bridgehead atoms. The third-order valence-electron chi connectivity index (χ3n) is 2.17. The van der Waals surface area contributed by atoms with E-state index in [1.807, 2.05) is 25.1 Å². The summed E-state index contributed by atoms with van der Waals surface area (Å²) in [6.07, 6.45) is 0.113.